The third-order valence-electron chi connectivity index (χ3n) is 3.42. The number of phenols is 1. The molecule has 4 nitrogen and oxygen atoms in total. The van der Waals surface area contributed by atoms with Crippen molar-refractivity contribution in [2.45, 2.75) is 19.8 Å². The number of benzene rings is 1. The van der Waals surface area contributed by atoms with E-state index in [4.69, 9.17) is 0 Å². The molecule has 0 spiro atoms. The first-order valence-electron chi connectivity index (χ1n) is 6.63. The fourth-order valence-electron chi connectivity index (χ4n) is 2.44. The summed E-state index contributed by atoms with van der Waals surface area (Å²) >= 11 is 0. The SMILES string of the molecule is Cc1cc(N2CCCC2)nc(-c2ccccc2O)n1. The summed E-state index contributed by atoms with van der Waals surface area (Å²) in [4.78, 5) is 11.3. The fourth-order valence-corrected chi connectivity index (χ4v) is 2.44. The van der Waals surface area contributed by atoms with Gasteiger partial charge in [-0.3, -0.25) is 0 Å². The van der Waals surface area contributed by atoms with Crippen LogP contribution in [0.3, 0.4) is 0 Å². The number of phenolic OH excluding ortho intramolecular Hbond substituents is 1. The van der Waals surface area contributed by atoms with E-state index in [0.29, 0.717) is 11.4 Å². The number of hydrogen-bond donors (Lipinski definition) is 1. The second-order valence-electron chi connectivity index (χ2n) is 4.90. The Balaban J connectivity index is 2.04. The number of para-hydroxylation sites is 1. The lowest BCUT2D eigenvalue weighted by molar-refractivity contribution is 0.477. The van der Waals surface area contributed by atoms with E-state index < -0.39 is 0 Å². The third-order valence-corrected chi connectivity index (χ3v) is 3.42. The molecule has 98 valence electrons. The maximum atomic E-state index is 9.92. The molecular weight excluding hydrogens is 238 g/mol. The molecule has 0 unspecified atom stereocenters. The molecule has 0 aliphatic carbocycles. The summed E-state index contributed by atoms with van der Waals surface area (Å²) in [6, 6.07) is 9.20. The number of aryl methyl sites for hydroxylation is 1. The summed E-state index contributed by atoms with van der Waals surface area (Å²) in [5.74, 6) is 1.78. The highest BCUT2D eigenvalue weighted by Gasteiger charge is 2.16. The zero-order valence-corrected chi connectivity index (χ0v) is 11.0. The lowest BCUT2D eigenvalue weighted by Gasteiger charge is -2.17. The minimum absolute atomic E-state index is 0.223. The standard InChI is InChI=1S/C15H17N3O/c1-11-10-14(18-8-4-5-9-18)17-15(16-11)12-6-2-3-7-13(12)19/h2-3,6-7,10,19H,4-5,8-9H2,1H3. The number of hydrogen-bond acceptors (Lipinski definition) is 4. The summed E-state index contributed by atoms with van der Waals surface area (Å²) in [5.41, 5.74) is 1.61. The topological polar surface area (TPSA) is 49.2 Å². The third kappa shape index (κ3) is 2.38. The van der Waals surface area contributed by atoms with Gasteiger partial charge in [-0.2, -0.15) is 0 Å². The van der Waals surface area contributed by atoms with Crippen molar-refractivity contribution in [1.82, 2.24) is 9.97 Å². The normalized spacial score (nSPS) is 14.9. The number of aromatic hydroxyl groups is 1. The van der Waals surface area contributed by atoms with Crippen LogP contribution in [-0.2, 0) is 0 Å². The van der Waals surface area contributed by atoms with Crippen LogP contribution >= 0.6 is 0 Å². The van der Waals surface area contributed by atoms with E-state index in [1.54, 1.807) is 12.1 Å². The van der Waals surface area contributed by atoms with Gasteiger partial charge in [-0.15, -0.1) is 0 Å². The molecular formula is C15H17N3O. The monoisotopic (exact) mass is 255 g/mol. The Morgan fingerprint density at radius 2 is 1.84 bits per heavy atom. The highest BCUT2D eigenvalue weighted by Crippen LogP contribution is 2.28. The lowest BCUT2D eigenvalue weighted by atomic mass is 10.2. The molecule has 1 aromatic heterocycles. The highest BCUT2D eigenvalue weighted by atomic mass is 16.3. The summed E-state index contributed by atoms with van der Waals surface area (Å²) in [6.45, 7) is 4.07. The summed E-state index contributed by atoms with van der Waals surface area (Å²) < 4.78 is 0. The average Bonchev–Trinajstić information content (AvgIpc) is 2.92. The number of anilines is 1. The zero-order valence-electron chi connectivity index (χ0n) is 11.0. The molecule has 4 heteroatoms. The molecule has 0 bridgehead atoms. The van der Waals surface area contributed by atoms with Crippen molar-refractivity contribution in [3.05, 3.63) is 36.0 Å². The molecule has 1 aromatic carbocycles. The lowest BCUT2D eigenvalue weighted by Crippen LogP contribution is -2.19. The van der Waals surface area contributed by atoms with Gasteiger partial charge in [0.25, 0.3) is 0 Å². The Kier molecular flexibility index (Phi) is 3.07. The van der Waals surface area contributed by atoms with Crippen molar-refractivity contribution in [2.75, 3.05) is 18.0 Å². The predicted octanol–water partition coefficient (Wildman–Crippen LogP) is 2.76. The molecule has 1 saturated heterocycles. The molecule has 0 atom stereocenters. The summed E-state index contributed by atoms with van der Waals surface area (Å²) in [6.07, 6.45) is 2.43. The van der Waals surface area contributed by atoms with Gasteiger partial charge in [0, 0.05) is 24.8 Å². The maximum Gasteiger partial charge on any atom is 0.165 e. The second kappa shape index (κ2) is 4.88. The zero-order chi connectivity index (χ0) is 13.2. The van der Waals surface area contributed by atoms with E-state index >= 15 is 0 Å². The first-order chi connectivity index (χ1) is 9.24. The van der Waals surface area contributed by atoms with Crippen LogP contribution in [0.25, 0.3) is 11.4 Å². The number of aromatic nitrogens is 2. The van der Waals surface area contributed by atoms with Gasteiger partial charge in [0.2, 0.25) is 0 Å². The smallest absolute Gasteiger partial charge is 0.165 e. The molecule has 0 radical (unpaired) electrons. The number of nitrogens with zero attached hydrogens (tertiary/aromatic N) is 3. The van der Waals surface area contributed by atoms with E-state index in [9.17, 15) is 5.11 Å². The molecule has 19 heavy (non-hydrogen) atoms. The van der Waals surface area contributed by atoms with E-state index in [0.717, 1.165) is 24.6 Å². The minimum atomic E-state index is 0.223. The highest BCUT2D eigenvalue weighted by molar-refractivity contribution is 5.65. The van der Waals surface area contributed by atoms with E-state index in [1.165, 1.54) is 12.8 Å². The molecule has 1 aliphatic rings. The Hall–Kier alpha value is -2.10. The van der Waals surface area contributed by atoms with Gasteiger partial charge in [-0.05, 0) is 31.9 Å². The summed E-state index contributed by atoms with van der Waals surface area (Å²) in [5, 5.41) is 9.92. The van der Waals surface area contributed by atoms with E-state index in [-0.39, 0.29) is 5.75 Å². The van der Waals surface area contributed by atoms with Crippen LogP contribution in [-0.4, -0.2) is 28.2 Å². The van der Waals surface area contributed by atoms with Crippen molar-refractivity contribution < 1.29 is 5.11 Å². The van der Waals surface area contributed by atoms with Gasteiger partial charge in [-0.1, -0.05) is 12.1 Å². The van der Waals surface area contributed by atoms with Crippen LogP contribution in [0.1, 0.15) is 18.5 Å². The van der Waals surface area contributed by atoms with Crippen molar-refractivity contribution in [1.29, 1.82) is 0 Å². The van der Waals surface area contributed by atoms with Crippen molar-refractivity contribution in [3.8, 4) is 17.1 Å². The molecule has 1 fully saturated rings. The Labute approximate surface area is 112 Å². The second-order valence-corrected chi connectivity index (χ2v) is 4.90. The average molecular weight is 255 g/mol. The summed E-state index contributed by atoms with van der Waals surface area (Å²) in [7, 11) is 0. The first kappa shape index (κ1) is 12.0. The van der Waals surface area contributed by atoms with Crippen LogP contribution in [0, 0.1) is 6.92 Å². The van der Waals surface area contributed by atoms with Crippen LogP contribution < -0.4 is 4.90 Å². The maximum absolute atomic E-state index is 9.92. The van der Waals surface area contributed by atoms with Gasteiger partial charge in [0.05, 0.1) is 5.56 Å². The number of rotatable bonds is 2. The molecule has 3 rings (SSSR count). The molecule has 2 aromatic rings. The minimum Gasteiger partial charge on any atom is -0.507 e. The van der Waals surface area contributed by atoms with Crippen LogP contribution in [0.5, 0.6) is 5.75 Å². The van der Waals surface area contributed by atoms with Crippen LogP contribution in [0.2, 0.25) is 0 Å². The van der Waals surface area contributed by atoms with Crippen LogP contribution in [0.15, 0.2) is 30.3 Å². The van der Waals surface area contributed by atoms with Crippen LogP contribution in [0.4, 0.5) is 5.82 Å². The molecule has 1 N–H and O–H groups in total. The first-order valence-corrected chi connectivity index (χ1v) is 6.63. The quantitative estimate of drug-likeness (QED) is 0.896. The van der Waals surface area contributed by atoms with Gasteiger partial charge in [-0.25, -0.2) is 9.97 Å². The van der Waals surface area contributed by atoms with Crippen molar-refractivity contribution >= 4 is 5.82 Å². The van der Waals surface area contributed by atoms with Gasteiger partial charge in [0.1, 0.15) is 11.6 Å². The van der Waals surface area contributed by atoms with E-state index in [1.807, 2.05) is 25.1 Å². The molecule has 0 amide bonds. The predicted molar refractivity (Wildman–Crippen MR) is 75.3 cm³/mol. The van der Waals surface area contributed by atoms with Crippen molar-refractivity contribution in [2.24, 2.45) is 0 Å². The Morgan fingerprint density at radius 3 is 2.58 bits per heavy atom. The van der Waals surface area contributed by atoms with Crippen molar-refractivity contribution in [3.63, 3.8) is 0 Å². The van der Waals surface area contributed by atoms with Gasteiger partial charge >= 0.3 is 0 Å². The molecule has 1 aliphatic heterocycles. The fraction of sp³-hybridized carbons (Fsp3) is 0.333. The van der Waals surface area contributed by atoms with Gasteiger partial charge < -0.3 is 10.0 Å². The Morgan fingerprint density at radius 1 is 1.11 bits per heavy atom. The Bertz CT molecular complexity index is 592. The van der Waals surface area contributed by atoms with Gasteiger partial charge in [0.15, 0.2) is 5.82 Å². The molecule has 2 heterocycles. The molecule has 0 saturated carbocycles. The largest absolute Gasteiger partial charge is 0.507 e. The van der Waals surface area contributed by atoms with E-state index in [2.05, 4.69) is 14.9 Å².